The van der Waals surface area contributed by atoms with Gasteiger partial charge in [-0.05, 0) is 23.6 Å². The fourth-order valence-electron chi connectivity index (χ4n) is 2.06. The SMILES string of the molecule is CC(C)C(CO)NCc1c[nH]c2cc(Cl)ccc12. The number of aliphatic hydroxyl groups excluding tert-OH is 1. The van der Waals surface area contributed by atoms with Gasteiger partial charge in [0, 0.05) is 34.7 Å². The molecule has 0 aliphatic carbocycles. The molecule has 98 valence electrons. The summed E-state index contributed by atoms with van der Waals surface area (Å²) >= 11 is 5.95. The minimum atomic E-state index is 0.127. The topological polar surface area (TPSA) is 48.0 Å². The number of rotatable bonds is 5. The predicted octanol–water partition coefficient (Wildman–Crippen LogP) is 2.93. The van der Waals surface area contributed by atoms with Crippen molar-refractivity contribution >= 4 is 22.5 Å². The summed E-state index contributed by atoms with van der Waals surface area (Å²) in [5, 5.41) is 14.6. The first-order valence-electron chi connectivity index (χ1n) is 6.21. The molecule has 0 amide bonds. The molecule has 1 heterocycles. The summed E-state index contributed by atoms with van der Waals surface area (Å²) in [5.41, 5.74) is 2.24. The quantitative estimate of drug-likeness (QED) is 0.779. The number of hydrogen-bond donors (Lipinski definition) is 3. The van der Waals surface area contributed by atoms with Gasteiger partial charge >= 0.3 is 0 Å². The summed E-state index contributed by atoms with van der Waals surface area (Å²) in [7, 11) is 0. The van der Waals surface area contributed by atoms with Crippen LogP contribution < -0.4 is 5.32 Å². The van der Waals surface area contributed by atoms with Crippen molar-refractivity contribution in [2.75, 3.05) is 6.61 Å². The molecule has 0 saturated carbocycles. The van der Waals surface area contributed by atoms with Crippen molar-refractivity contribution in [2.24, 2.45) is 5.92 Å². The maximum atomic E-state index is 9.29. The van der Waals surface area contributed by atoms with Crippen LogP contribution in [0.2, 0.25) is 5.02 Å². The van der Waals surface area contributed by atoms with Crippen molar-refractivity contribution < 1.29 is 5.11 Å². The van der Waals surface area contributed by atoms with Gasteiger partial charge in [-0.3, -0.25) is 0 Å². The Labute approximate surface area is 112 Å². The highest BCUT2D eigenvalue weighted by Crippen LogP contribution is 2.22. The molecule has 0 radical (unpaired) electrons. The van der Waals surface area contributed by atoms with Crippen LogP contribution in [0.15, 0.2) is 24.4 Å². The Hall–Kier alpha value is -1.03. The molecular weight excluding hydrogens is 248 g/mol. The van der Waals surface area contributed by atoms with Gasteiger partial charge in [-0.2, -0.15) is 0 Å². The van der Waals surface area contributed by atoms with Crippen LogP contribution in [0.1, 0.15) is 19.4 Å². The molecule has 2 aromatic rings. The van der Waals surface area contributed by atoms with Crippen molar-refractivity contribution in [3.8, 4) is 0 Å². The van der Waals surface area contributed by atoms with Crippen LogP contribution in [-0.4, -0.2) is 22.7 Å². The zero-order valence-corrected chi connectivity index (χ0v) is 11.5. The Kier molecular flexibility index (Phi) is 4.27. The van der Waals surface area contributed by atoms with Gasteiger partial charge in [0.25, 0.3) is 0 Å². The molecule has 0 bridgehead atoms. The van der Waals surface area contributed by atoms with Crippen LogP contribution in [-0.2, 0) is 6.54 Å². The molecule has 18 heavy (non-hydrogen) atoms. The third kappa shape index (κ3) is 2.86. The van der Waals surface area contributed by atoms with Crippen molar-refractivity contribution in [3.63, 3.8) is 0 Å². The number of fused-ring (bicyclic) bond motifs is 1. The van der Waals surface area contributed by atoms with E-state index in [0.29, 0.717) is 5.92 Å². The molecule has 0 fully saturated rings. The van der Waals surface area contributed by atoms with E-state index in [1.165, 1.54) is 10.9 Å². The monoisotopic (exact) mass is 266 g/mol. The molecule has 1 atom stereocenters. The van der Waals surface area contributed by atoms with E-state index in [9.17, 15) is 5.11 Å². The van der Waals surface area contributed by atoms with Gasteiger partial charge in [0.05, 0.1) is 6.61 Å². The molecule has 4 heteroatoms. The minimum Gasteiger partial charge on any atom is -0.395 e. The molecule has 2 rings (SSSR count). The molecule has 3 N–H and O–H groups in total. The minimum absolute atomic E-state index is 0.127. The number of benzene rings is 1. The summed E-state index contributed by atoms with van der Waals surface area (Å²) in [5.74, 6) is 0.412. The summed E-state index contributed by atoms with van der Waals surface area (Å²) < 4.78 is 0. The fraction of sp³-hybridized carbons (Fsp3) is 0.429. The predicted molar refractivity (Wildman–Crippen MR) is 75.9 cm³/mol. The van der Waals surface area contributed by atoms with Gasteiger partial charge in [-0.25, -0.2) is 0 Å². The van der Waals surface area contributed by atoms with E-state index in [2.05, 4.69) is 24.1 Å². The number of hydrogen-bond acceptors (Lipinski definition) is 2. The third-order valence-corrected chi connectivity index (χ3v) is 3.52. The van der Waals surface area contributed by atoms with Crippen molar-refractivity contribution in [1.29, 1.82) is 0 Å². The zero-order valence-electron chi connectivity index (χ0n) is 10.7. The number of nitrogens with one attached hydrogen (secondary N) is 2. The summed E-state index contributed by atoms with van der Waals surface area (Å²) in [6, 6.07) is 5.97. The van der Waals surface area contributed by atoms with Gasteiger partial charge < -0.3 is 15.4 Å². The van der Waals surface area contributed by atoms with E-state index in [1.54, 1.807) is 0 Å². The Bertz CT molecular complexity index is 521. The normalized spacial score (nSPS) is 13.4. The summed E-state index contributed by atoms with van der Waals surface area (Å²) in [6.07, 6.45) is 1.99. The number of halogens is 1. The molecule has 3 nitrogen and oxygen atoms in total. The first kappa shape index (κ1) is 13.4. The lowest BCUT2D eigenvalue weighted by atomic mass is 10.0. The molecule has 0 spiro atoms. The smallest absolute Gasteiger partial charge is 0.0587 e. The summed E-state index contributed by atoms with van der Waals surface area (Å²) in [4.78, 5) is 3.21. The van der Waals surface area contributed by atoms with Crippen LogP contribution in [0.4, 0.5) is 0 Å². The second-order valence-corrected chi connectivity index (χ2v) is 5.35. The number of aliphatic hydroxyl groups is 1. The first-order chi connectivity index (χ1) is 8.61. The van der Waals surface area contributed by atoms with Crippen LogP contribution in [0.5, 0.6) is 0 Å². The van der Waals surface area contributed by atoms with E-state index in [-0.39, 0.29) is 12.6 Å². The van der Waals surface area contributed by atoms with Gasteiger partial charge in [0.2, 0.25) is 0 Å². The average Bonchev–Trinajstić information content (AvgIpc) is 2.72. The van der Waals surface area contributed by atoms with Gasteiger partial charge in [-0.15, -0.1) is 0 Å². The molecule has 0 aliphatic rings. The van der Waals surface area contributed by atoms with E-state index in [0.717, 1.165) is 17.1 Å². The Balaban J connectivity index is 2.12. The van der Waals surface area contributed by atoms with E-state index in [1.807, 2.05) is 24.4 Å². The summed E-state index contributed by atoms with van der Waals surface area (Å²) in [6.45, 7) is 5.10. The maximum absolute atomic E-state index is 9.29. The molecule has 0 saturated heterocycles. The number of aromatic nitrogens is 1. The standard InChI is InChI=1S/C14H19ClN2O/c1-9(2)14(8-18)17-7-10-6-16-13-5-11(15)3-4-12(10)13/h3-6,9,14,16-18H,7-8H2,1-2H3. The van der Waals surface area contributed by atoms with Crippen molar-refractivity contribution in [3.05, 3.63) is 35.0 Å². The van der Waals surface area contributed by atoms with Gasteiger partial charge in [0.15, 0.2) is 0 Å². The maximum Gasteiger partial charge on any atom is 0.0587 e. The van der Waals surface area contributed by atoms with E-state index < -0.39 is 0 Å². The van der Waals surface area contributed by atoms with E-state index in [4.69, 9.17) is 11.6 Å². The lowest BCUT2D eigenvalue weighted by Gasteiger charge is -2.19. The Morgan fingerprint density at radius 3 is 2.83 bits per heavy atom. The highest BCUT2D eigenvalue weighted by atomic mass is 35.5. The van der Waals surface area contributed by atoms with Crippen molar-refractivity contribution in [2.45, 2.75) is 26.4 Å². The highest BCUT2D eigenvalue weighted by Gasteiger charge is 2.12. The molecule has 1 aromatic carbocycles. The molecule has 0 aliphatic heterocycles. The average molecular weight is 267 g/mol. The second kappa shape index (κ2) is 5.74. The molecule has 1 aromatic heterocycles. The lowest BCUT2D eigenvalue weighted by Crippen LogP contribution is -2.36. The number of aromatic amines is 1. The highest BCUT2D eigenvalue weighted by molar-refractivity contribution is 6.31. The zero-order chi connectivity index (χ0) is 13.1. The van der Waals surface area contributed by atoms with Crippen LogP contribution in [0.3, 0.4) is 0 Å². The Morgan fingerprint density at radius 2 is 2.17 bits per heavy atom. The molecule has 1 unspecified atom stereocenters. The van der Waals surface area contributed by atoms with Crippen molar-refractivity contribution in [1.82, 2.24) is 10.3 Å². The molecular formula is C14H19ClN2O. The van der Waals surface area contributed by atoms with Crippen LogP contribution in [0.25, 0.3) is 10.9 Å². The third-order valence-electron chi connectivity index (χ3n) is 3.29. The lowest BCUT2D eigenvalue weighted by molar-refractivity contribution is 0.210. The van der Waals surface area contributed by atoms with Gasteiger partial charge in [-0.1, -0.05) is 31.5 Å². The second-order valence-electron chi connectivity index (χ2n) is 4.92. The number of H-pyrrole nitrogens is 1. The fourth-order valence-corrected chi connectivity index (χ4v) is 2.23. The first-order valence-corrected chi connectivity index (χ1v) is 6.59. The van der Waals surface area contributed by atoms with Crippen LogP contribution >= 0.6 is 11.6 Å². The van der Waals surface area contributed by atoms with Crippen LogP contribution in [0, 0.1) is 5.92 Å². The Morgan fingerprint density at radius 1 is 1.39 bits per heavy atom. The largest absolute Gasteiger partial charge is 0.395 e. The van der Waals surface area contributed by atoms with Gasteiger partial charge in [0.1, 0.15) is 0 Å². The van der Waals surface area contributed by atoms with E-state index >= 15 is 0 Å².